The fourth-order valence-electron chi connectivity index (χ4n) is 2.97. The van der Waals surface area contributed by atoms with Crippen molar-refractivity contribution in [3.63, 3.8) is 0 Å². The average Bonchev–Trinajstić information content (AvgIpc) is 3.07. The SMILES string of the molecule is CCOc1ccccc1CNC(=S)Nc1cccc(N2CCCC2=O)c1. The molecule has 6 heteroatoms. The average molecular weight is 369 g/mol. The highest BCUT2D eigenvalue weighted by molar-refractivity contribution is 7.80. The van der Waals surface area contributed by atoms with Crippen molar-refractivity contribution in [3.8, 4) is 5.75 Å². The highest BCUT2D eigenvalue weighted by Gasteiger charge is 2.21. The van der Waals surface area contributed by atoms with Crippen LogP contribution >= 0.6 is 12.2 Å². The smallest absolute Gasteiger partial charge is 0.227 e. The zero-order valence-electron chi connectivity index (χ0n) is 14.8. The number of anilines is 2. The molecule has 0 saturated carbocycles. The Hall–Kier alpha value is -2.60. The molecule has 0 unspecified atom stereocenters. The van der Waals surface area contributed by atoms with E-state index in [0.29, 0.717) is 24.7 Å². The normalized spacial score (nSPS) is 13.6. The topological polar surface area (TPSA) is 53.6 Å². The summed E-state index contributed by atoms with van der Waals surface area (Å²) in [5.74, 6) is 1.04. The minimum Gasteiger partial charge on any atom is -0.494 e. The molecule has 1 saturated heterocycles. The summed E-state index contributed by atoms with van der Waals surface area (Å²) in [7, 11) is 0. The van der Waals surface area contributed by atoms with Crippen molar-refractivity contribution < 1.29 is 9.53 Å². The Morgan fingerprint density at radius 2 is 2.08 bits per heavy atom. The number of carbonyl (C=O) groups is 1. The Kier molecular flexibility index (Phi) is 6.07. The van der Waals surface area contributed by atoms with Gasteiger partial charge in [-0.3, -0.25) is 4.79 Å². The van der Waals surface area contributed by atoms with E-state index in [1.807, 2.05) is 60.4 Å². The van der Waals surface area contributed by atoms with Crippen molar-refractivity contribution in [2.75, 3.05) is 23.4 Å². The summed E-state index contributed by atoms with van der Waals surface area (Å²) in [6.45, 7) is 3.95. The fourth-order valence-corrected chi connectivity index (χ4v) is 3.16. The first kappa shape index (κ1) is 18.2. The van der Waals surface area contributed by atoms with Gasteiger partial charge in [-0.15, -0.1) is 0 Å². The van der Waals surface area contributed by atoms with Crippen LogP contribution in [-0.2, 0) is 11.3 Å². The molecule has 5 nitrogen and oxygen atoms in total. The van der Waals surface area contributed by atoms with E-state index in [9.17, 15) is 4.79 Å². The first-order chi connectivity index (χ1) is 12.7. The maximum atomic E-state index is 11.9. The third-order valence-electron chi connectivity index (χ3n) is 4.20. The van der Waals surface area contributed by atoms with E-state index in [0.717, 1.165) is 35.7 Å². The van der Waals surface area contributed by atoms with Crippen LogP contribution in [0.1, 0.15) is 25.3 Å². The van der Waals surface area contributed by atoms with E-state index in [1.165, 1.54) is 0 Å². The quantitative estimate of drug-likeness (QED) is 0.761. The molecule has 2 aromatic carbocycles. The number of hydrogen-bond donors (Lipinski definition) is 2. The Labute approximate surface area is 159 Å². The van der Waals surface area contributed by atoms with Gasteiger partial charge in [0, 0.05) is 36.4 Å². The van der Waals surface area contributed by atoms with Gasteiger partial charge >= 0.3 is 0 Å². The Morgan fingerprint density at radius 3 is 2.85 bits per heavy atom. The van der Waals surface area contributed by atoms with Crippen LogP contribution in [0.3, 0.4) is 0 Å². The molecular weight excluding hydrogens is 346 g/mol. The number of nitrogens with zero attached hydrogens (tertiary/aromatic N) is 1. The number of para-hydroxylation sites is 1. The molecule has 1 heterocycles. The van der Waals surface area contributed by atoms with Crippen LogP contribution in [0.2, 0.25) is 0 Å². The van der Waals surface area contributed by atoms with Crippen molar-refractivity contribution in [3.05, 3.63) is 54.1 Å². The number of ether oxygens (including phenoxy) is 1. The molecule has 0 spiro atoms. The van der Waals surface area contributed by atoms with Gasteiger partial charge < -0.3 is 20.3 Å². The zero-order chi connectivity index (χ0) is 18.4. The van der Waals surface area contributed by atoms with Gasteiger partial charge in [-0.25, -0.2) is 0 Å². The molecule has 1 aliphatic rings. The van der Waals surface area contributed by atoms with Gasteiger partial charge in [0.15, 0.2) is 5.11 Å². The molecule has 0 aromatic heterocycles. The zero-order valence-corrected chi connectivity index (χ0v) is 15.6. The van der Waals surface area contributed by atoms with Gasteiger partial charge in [-0.05, 0) is 49.8 Å². The molecule has 0 radical (unpaired) electrons. The molecule has 26 heavy (non-hydrogen) atoms. The van der Waals surface area contributed by atoms with Crippen LogP contribution in [0.5, 0.6) is 5.75 Å². The van der Waals surface area contributed by atoms with E-state index >= 15 is 0 Å². The van der Waals surface area contributed by atoms with Crippen molar-refractivity contribution in [1.29, 1.82) is 0 Å². The highest BCUT2D eigenvalue weighted by Crippen LogP contribution is 2.24. The lowest BCUT2D eigenvalue weighted by Gasteiger charge is -2.18. The molecule has 3 rings (SSSR count). The lowest BCUT2D eigenvalue weighted by atomic mass is 10.2. The monoisotopic (exact) mass is 369 g/mol. The maximum absolute atomic E-state index is 11.9. The maximum Gasteiger partial charge on any atom is 0.227 e. The van der Waals surface area contributed by atoms with Crippen molar-refractivity contribution in [1.82, 2.24) is 5.32 Å². The summed E-state index contributed by atoms with van der Waals surface area (Å²) >= 11 is 5.40. The second-order valence-corrected chi connectivity index (χ2v) is 6.46. The largest absolute Gasteiger partial charge is 0.494 e. The van der Waals surface area contributed by atoms with E-state index in [4.69, 9.17) is 17.0 Å². The van der Waals surface area contributed by atoms with Crippen molar-refractivity contribution >= 4 is 34.6 Å². The number of nitrogens with one attached hydrogen (secondary N) is 2. The number of thiocarbonyl (C=S) groups is 1. The van der Waals surface area contributed by atoms with Gasteiger partial charge in [0.2, 0.25) is 5.91 Å². The minimum atomic E-state index is 0.176. The third-order valence-corrected chi connectivity index (χ3v) is 4.45. The molecule has 0 atom stereocenters. The van der Waals surface area contributed by atoms with Crippen LogP contribution < -0.4 is 20.3 Å². The van der Waals surface area contributed by atoms with Gasteiger partial charge in [0.25, 0.3) is 0 Å². The van der Waals surface area contributed by atoms with Crippen molar-refractivity contribution in [2.24, 2.45) is 0 Å². The number of amides is 1. The van der Waals surface area contributed by atoms with Gasteiger partial charge in [0.1, 0.15) is 5.75 Å². The lowest BCUT2D eigenvalue weighted by Crippen LogP contribution is -2.28. The molecule has 1 amide bonds. The second kappa shape index (κ2) is 8.67. The highest BCUT2D eigenvalue weighted by atomic mass is 32.1. The Bertz CT molecular complexity index is 794. The summed E-state index contributed by atoms with van der Waals surface area (Å²) in [6.07, 6.45) is 1.53. The molecule has 2 N–H and O–H groups in total. The summed E-state index contributed by atoms with van der Waals surface area (Å²) in [5, 5.41) is 6.92. The summed E-state index contributed by atoms with van der Waals surface area (Å²) in [6, 6.07) is 15.7. The van der Waals surface area contributed by atoms with E-state index in [-0.39, 0.29) is 5.91 Å². The summed E-state index contributed by atoms with van der Waals surface area (Å²) in [4.78, 5) is 13.7. The Balaban J connectivity index is 1.59. The molecule has 2 aromatic rings. The number of benzene rings is 2. The molecular formula is C20H23N3O2S. The number of rotatable bonds is 6. The van der Waals surface area contributed by atoms with Gasteiger partial charge in [0.05, 0.1) is 6.61 Å². The summed E-state index contributed by atoms with van der Waals surface area (Å²) in [5.41, 5.74) is 2.81. The lowest BCUT2D eigenvalue weighted by molar-refractivity contribution is -0.117. The van der Waals surface area contributed by atoms with E-state index < -0.39 is 0 Å². The van der Waals surface area contributed by atoms with E-state index in [2.05, 4.69) is 10.6 Å². The third kappa shape index (κ3) is 4.52. The van der Waals surface area contributed by atoms with Crippen molar-refractivity contribution in [2.45, 2.75) is 26.3 Å². The Morgan fingerprint density at radius 1 is 1.23 bits per heavy atom. The first-order valence-corrected chi connectivity index (χ1v) is 9.24. The second-order valence-electron chi connectivity index (χ2n) is 6.05. The van der Waals surface area contributed by atoms with Crippen LogP contribution in [0.25, 0.3) is 0 Å². The standard InChI is InChI=1S/C20H23N3O2S/c1-2-25-18-10-4-3-7-15(18)14-21-20(26)22-16-8-5-9-17(13-16)23-12-6-11-19(23)24/h3-5,7-10,13H,2,6,11-12,14H2,1H3,(H2,21,22,26). The molecule has 0 aliphatic carbocycles. The molecule has 1 aliphatic heterocycles. The van der Waals surface area contributed by atoms with Crippen LogP contribution in [-0.4, -0.2) is 24.2 Å². The predicted molar refractivity (Wildman–Crippen MR) is 109 cm³/mol. The molecule has 1 fully saturated rings. The number of hydrogen-bond acceptors (Lipinski definition) is 3. The fraction of sp³-hybridized carbons (Fsp3) is 0.300. The van der Waals surface area contributed by atoms with Gasteiger partial charge in [-0.2, -0.15) is 0 Å². The van der Waals surface area contributed by atoms with Crippen LogP contribution in [0.15, 0.2) is 48.5 Å². The summed E-state index contributed by atoms with van der Waals surface area (Å²) < 4.78 is 5.63. The first-order valence-electron chi connectivity index (χ1n) is 8.83. The molecule has 136 valence electrons. The minimum absolute atomic E-state index is 0.176. The van der Waals surface area contributed by atoms with Gasteiger partial charge in [-0.1, -0.05) is 24.3 Å². The van der Waals surface area contributed by atoms with E-state index in [1.54, 1.807) is 0 Å². The van der Waals surface area contributed by atoms with Crippen LogP contribution in [0.4, 0.5) is 11.4 Å². The van der Waals surface area contributed by atoms with Crippen LogP contribution in [0, 0.1) is 0 Å². The molecule has 0 bridgehead atoms. The predicted octanol–water partition coefficient (Wildman–Crippen LogP) is 3.70. The number of carbonyl (C=O) groups excluding carboxylic acids is 1.